The Hall–Kier alpha value is -2.99. The summed E-state index contributed by atoms with van der Waals surface area (Å²) in [4.78, 5) is 13.1. The highest BCUT2D eigenvalue weighted by molar-refractivity contribution is 7.91. The molecule has 0 aliphatic carbocycles. The number of sulfone groups is 1. The Bertz CT molecular complexity index is 1340. The smallest absolute Gasteiger partial charge is 0.266 e. The largest absolute Gasteiger partial charge is 0.479 e. The zero-order valence-electron chi connectivity index (χ0n) is 19.4. The van der Waals surface area contributed by atoms with Gasteiger partial charge < -0.3 is 14.8 Å². The van der Waals surface area contributed by atoms with Crippen LogP contribution in [0.1, 0.15) is 49.1 Å². The molecule has 0 radical (unpaired) electrons. The van der Waals surface area contributed by atoms with Gasteiger partial charge in [-0.15, -0.1) is 0 Å². The molecule has 1 aliphatic heterocycles. The maximum atomic E-state index is 14.7. The van der Waals surface area contributed by atoms with Crippen LogP contribution in [0.15, 0.2) is 30.6 Å². The Balaban J connectivity index is 1.78. The van der Waals surface area contributed by atoms with Crippen molar-refractivity contribution in [1.82, 2.24) is 15.0 Å². The summed E-state index contributed by atoms with van der Waals surface area (Å²) in [6.45, 7) is 1.63. The van der Waals surface area contributed by atoms with Crippen LogP contribution < -0.4 is 10.1 Å². The molecule has 0 amide bonds. The van der Waals surface area contributed by atoms with Crippen LogP contribution in [0.25, 0.3) is 10.9 Å². The predicted molar refractivity (Wildman–Crippen MR) is 124 cm³/mol. The number of nitrogens with one attached hydrogen (secondary N) is 1. The third kappa shape index (κ3) is 4.76. The van der Waals surface area contributed by atoms with Crippen molar-refractivity contribution in [2.45, 2.75) is 37.8 Å². The second kappa shape index (κ2) is 9.57. The minimum Gasteiger partial charge on any atom is -0.479 e. The lowest BCUT2D eigenvalue weighted by atomic mass is 9.91. The van der Waals surface area contributed by atoms with E-state index in [1.807, 2.05) is 0 Å². The second-order valence-corrected chi connectivity index (χ2v) is 10.7. The molecule has 35 heavy (non-hydrogen) atoms. The normalized spacial score (nSPS) is 17.9. The molecule has 0 bridgehead atoms. The molecule has 1 aliphatic rings. The first kappa shape index (κ1) is 25.1. The van der Waals surface area contributed by atoms with Crippen LogP contribution in [-0.2, 0) is 20.2 Å². The fourth-order valence-electron chi connectivity index (χ4n) is 4.31. The number of hydrogen-bond acceptors (Lipinski definition) is 8. The Kier molecular flexibility index (Phi) is 6.87. The van der Waals surface area contributed by atoms with E-state index in [-0.39, 0.29) is 35.8 Å². The summed E-state index contributed by atoms with van der Waals surface area (Å²) in [5.74, 6) is -0.582. The third-order valence-corrected chi connectivity index (χ3v) is 8.04. The van der Waals surface area contributed by atoms with Gasteiger partial charge in [-0.2, -0.15) is 0 Å². The lowest BCUT2D eigenvalue weighted by Crippen LogP contribution is -2.39. The van der Waals surface area contributed by atoms with E-state index in [9.17, 15) is 21.6 Å². The number of benzene rings is 1. The molecule has 8 nitrogen and oxygen atoms in total. The molecule has 12 heteroatoms. The van der Waals surface area contributed by atoms with Crippen LogP contribution in [0.2, 0.25) is 0 Å². The maximum Gasteiger partial charge on any atom is 0.266 e. The van der Waals surface area contributed by atoms with Gasteiger partial charge in [-0.05, 0) is 25.8 Å². The summed E-state index contributed by atoms with van der Waals surface area (Å²) < 4.78 is 76.3. The second-order valence-electron chi connectivity index (χ2n) is 8.40. The summed E-state index contributed by atoms with van der Waals surface area (Å²) in [5, 5.41) is 3.56. The van der Waals surface area contributed by atoms with Gasteiger partial charge in [0.25, 0.3) is 6.43 Å². The first-order valence-electron chi connectivity index (χ1n) is 10.9. The average Bonchev–Trinajstić information content (AvgIpc) is 2.84. The molecular weight excluding hydrogens is 485 g/mol. The minimum absolute atomic E-state index is 0.0456. The van der Waals surface area contributed by atoms with E-state index in [1.165, 1.54) is 32.7 Å². The van der Waals surface area contributed by atoms with Crippen molar-refractivity contribution in [3.8, 4) is 5.88 Å². The Morgan fingerprint density at radius 3 is 2.43 bits per heavy atom. The molecule has 0 unspecified atom stereocenters. The molecule has 1 fully saturated rings. The standard InChI is InChI=1S/C23H25F3N4O4S/c1-13(14-5-4-6-15(18(14)24)20(25)26)29-21-16-11-17(30-22(33-2)19(16)27-12-28-21)23(34-3)7-9-35(31,32)10-8-23/h4-6,11-13,20H,7-10H2,1-3H3,(H,27,28,29)/t13-/m1/s1. The SMILES string of the molecule is COc1nc(C2(OC)CCS(=O)(=O)CC2)cc2c(N[C@H](C)c3cccc(C(F)F)c3F)ncnc12. The van der Waals surface area contributed by atoms with Gasteiger partial charge in [0, 0.05) is 12.7 Å². The van der Waals surface area contributed by atoms with Gasteiger partial charge in [0.2, 0.25) is 5.88 Å². The van der Waals surface area contributed by atoms with Crippen LogP contribution in [0, 0.1) is 5.82 Å². The van der Waals surface area contributed by atoms with Crippen molar-refractivity contribution in [2.75, 3.05) is 31.0 Å². The zero-order valence-corrected chi connectivity index (χ0v) is 20.2. The topological polar surface area (TPSA) is 103 Å². The molecule has 0 saturated carbocycles. The van der Waals surface area contributed by atoms with Gasteiger partial charge >= 0.3 is 0 Å². The van der Waals surface area contributed by atoms with Crippen molar-refractivity contribution < 1.29 is 31.1 Å². The average molecular weight is 511 g/mol. The first-order valence-corrected chi connectivity index (χ1v) is 12.7. The third-order valence-electron chi connectivity index (χ3n) is 6.39. The molecule has 1 N–H and O–H groups in total. The van der Waals surface area contributed by atoms with Crippen molar-refractivity contribution in [1.29, 1.82) is 0 Å². The summed E-state index contributed by atoms with van der Waals surface area (Å²) in [7, 11) is -0.236. The molecule has 188 valence electrons. The number of nitrogens with zero attached hydrogens (tertiary/aromatic N) is 3. The van der Waals surface area contributed by atoms with Crippen LogP contribution in [0.4, 0.5) is 19.0 Å². The summed E-state index contributed by atoms with van der Waals surface area (Å²) >= 11 is 0. The lowest BCUT2D eigenvalue weighted by Gasteiger charge is -2.35. The maximum absolute atomic E-state index is 14.7. The van der Waals surface area contributed by atoms with Gasteiger partial charge in [-0.25, -0.2) is 36.5 Å². The molecule has 3 heterocycles. The number of pyridine rings is 1. The van der Waals surface area contributed by atoms with Gasteiger partial charge in [0.1, 0.15) is 29.1 Å². The molecule has 4 rings (SSSR count). The number of hydrogen-bond donors (Lipinski definition) is 1. The number of anilines is 1. The Labute approximate surface area is 200 Å². The van der Waals surface area contributed by atoms with Crippen LogP contribution in [0.5, 0.6) is 5.88 Å². The number of methoxy groups -OCH3 is 2. The van der Waals surface area contributed by atoms with E-state index in [1.54, 1.807) is 13.0 Å². The fraction of sp³-hybridized carbons (Fsp3) is 0.435. The first-order chi connectivity index (χ1) is 16.6. The van der Waals surface area contributed by atoms with Gasteiger partial charge in [0.15, 0.2) is 9.84 Å². The number of ether oxygens (including phenoxy) is 2. The Morgan fingerprint density at radius 1 is 1.11 bits per heavy atom. The quantitative estimate of drug-likeness (QED) is 0.501. The number of aromatic nitrogens is 3. The monoisotopic (exact) mass is 510 g/mol. The van der Waals surface area contributed by atoms with E-state index in [0.29, 0.717) is 22.4 Å². The van der Waals surface area contributed by atoms with Crippen molar-refractivity contribution in [2.24, 2.45) is 0 Å². The van der Waals surface area contributed by atoms with E-state index in [4.69, 9.17) is 9.47 Å². The van der Waals surface area contributed by atoms with E-state index >= 15 is 0 Å². The van der Waals surface area contributed by atoms with E-state index in [0.717, 1.165) is 6.07 Å². The molecule has 3 aromatic rings. The summed E-state index contributed by atoms with van der Waals surface area (Å²) in [5.41, 5.74) is -0.746. The highest BCUT2D eigenvalue weighted by Gasteiger charge is 2.41. The van der Waals surface area contributed by atoms with Gasteiger partial charge in [0.05, 0.1) is 41.3 Å². The van der Waals surface area contributed by atoms with E-state index < -0.39 is 39.3 Å². The van der Waals surface area contributed by atoms with Crippen LogP contribution in [0.3, 0.4) is 0 Å². The minimum atomic E-state index is -3.16. The van der Waals surface area contributed by atoms with Gasteiger partial charge in [-0.3, -0.25) is 0 Å². The molecule has 0 spiro atoms. The van der Waals surface area contributed by atoms with Gasteiger partial charge in [-0.1, -0.05) is 18.2 Å². The highest BCUT2D eigenvalue weighted by atomic mass is 32.2. The number of alkyl halides is 2. The summed E-state index contributed by atoms with van der Waals surface area (Å²) in [6.07, 6.45) is -1.23. The zero-order chi connectivity index (χ0) is 25.4. The molecular formula is C23H25F3N4O4S. The Morgan fingerprint density at radius 2 is 1.80 bits per heavy atom. The van der Waals surface area contributed by atoms with Crippen LogP contribution >= 0.6 is 0 Å². The molecule has 1 aromatic carbocycles. The summed E-state index contributed by atoms with van der Waals surface area (Å²) in [6, 6.07) is 4.83. The van der Waals surface area contributed by atoms with E-state index in [2.05, 4.69) is 20.3 Å². The fourth-order valence-corrected chi connectivity index (χ4v) is 5.80. The molecule has 2 aromatic heterocycles. The van der Waals surface area contributed by atoms with Crippen molar-refractivity contribution >= 4 is 26.6 Å². The predicted octanol–water partition coefficient (Wildman–Crippen LogP) is 4.33. The lowest BCUT2D eigenvalue weighted by molar-refractivity contribution is -0.0269. The number of rotatable bonds is 7. The van der Waals surface area contributed by atoms with Crippen molar-refractivity contribution in [3.05, 3.63) is 53.2 Å². The molecule has 1 atom stereocenters. The van der Waals surface area contributed by atoms with Crippen molar-refractivity contribution in [3.63, 3.8) is 0 Å². The van der Waals surface area contributed by atoms with Crippen LogP contribution in [-0.4, -0.2) is 49.1 Å². The highest BCUT2D eigenvalue weighted by Crippen LogP contribution is 2.40. The number of fused-ring (bicyclic) bond motifs is 1. The number of halogens is 3. The molecule has 1 saturated heterocycles.